The number of amides is 1. The first-order valence-electron chi connectivity index (χ1n) is 11.1. The van der Waals surface area contributed by atoms with Crippen molar-refractivity contribution >= 4 is 29.0 Å². The average Bonchev–Trinajstić information content (AvgIpc) is 3.46. The first kappa shape index (κ1) is 22.1. The minimum atomic E-state index is -1.97. The molecule has 0 spiro atoms. The predicted molar refractivity (Wildman–Crippen MR) is 133 cm³/mol. The molecule has 4 aromatic rings. The van der Waals surface area contributed by atoms with Gasteiger partial charge in [-0.3, -0.25) is 9.59 Å². The summed E-state index contributed by atoms with van der Waals surface area (Å²) in [5, 5.41) is 12.0. The van der Waals surface area contributed by atoms with Crippen LogP contribution in [0.25, 0.3) is 5.69 Å². The molecule has 0 saturated heterocycles. The van der Waals surface area contributed by atoms with Crippen molar-refractivity contribution in [2.45, 2.75) is 18.4 Å². The lowest BCUT2D eigenvalue weighted by molar-refractivity contribution is -0.135. The van der Waals surface area contributed by atoms with E-state index in [1.54, 1.807) is 41.3 Å². The summed E-state index contributed by atoms with van der Waals surface area (Å²) in [6, 6.07) is 25.8. The van der Waals surface area contributed by atoms with Crippen LogP contribution in [0, 0.1) is 0 Å². The Bertz CT molecular complexity index is 1350. The number of aliphatic hydroxyl groups is 1. The number of carbonyl (C=O) groups is 2. The number of ketones is 1. The minimum Gasteiger partial charge on any atom is -0.375 e. The Morgan fingerprint density at radius 3 is 2.44 bits per heavy atom. The Balaban J connectivity index is 1.44. The molecule has 34 heavy (non-hydrogen) atoms. The molecule has 1 amide bonds. The maximum absolute atomic E-state index is 13.5. The number of fused-ring (bicyclic) bond motifs is 1. The van der Waals surface area contributed by atoms with E-state index in [1.807, 2.05) is 65.5 Å². The highest BCUT2D eigenvalue weighted by Gasteiger charge is 2.50. The molecule has 1 atom stereocenters. The molecule has 0 aliphatic carbocycles. The molecule has 0 saturated carbocycles. The van der Waals surface area contributed by atoms with Gasteiger partial charge in [-0.25, -0.2) is 0 Å². The number of Topliss-reactive ketones (excluding diaryl/α,β-unsaturated/α-hetero) is 1. The molecule has 1 aliphatic heterocycles. The third-order valence-corrected chi connectivity index (χ3v) is 6.48. The van der Waals surface area contributed by atoms with Crippen LogP contribution in [0.4, 0.5) is 5.69 Å². The van der Waals surface area contributed by atoms with Gasteiger partial charge < -0.3 is 14.6 Å². The summed E-state index contributed by atoms with van der Waals surface area (Å²) in [6.45, 7) is 0.386. The molecule has 3 aromatic carbocycles. The topological polar surface area (TPSA) is 62.5 Å². The lowest BCUT2D eigenvalue weighted by atomic mass is 9.88. The molecule has 0 fully saturated rings. The number of aromatic nitrogens is 1. The third kappa shape index (κ3) is 4.04. The quantitative estimate of drug-likeness (QED) is 0.378. The van der Waals surface area contributed by atoms with Crippen molar-refractivity contribution in [1.29, 1.82) is 0 Å². The van der Waals surface area contributed by atoms with Crippen molar-refractivity contribution in [3.8, 4) is 5.69 Å². The van der Waals surface area contributed by atoms with Gasteiger partial charge in [0.1, 0.15) is 0 Å². The van der Waals surface area contributed by atoms with Gasteiger partial charge in [-0.1, -0.05) is 54.1 Å². The normalized spacial score (nSPS) is 17.1. The van der Waals surface area contributed by atoms with Crippen molar-refractivity contribution in [3.63, 3.8) is 0 Å². The van der Waals surface area contributed by atoms with Gasteiger partial charge in [0.25, 0.3) is 5.91 Å². The van der Waals surface area contributed by atoms with E-state index in [9.17, 15) is 14.7 Å². The number of carbonyl (C=O) groups excluding carboxylic acids is 2. The number of rotatable bonds is 7. The predicted octanol–water partition coefficient (Wildman–Crippen LogP) is 5.18. The zero-order chi connectivity index (χ0) is 23.7. The largest absolute Gasteiger partial charge is 0.375 e. The van der Waals surface area contributed by atoms with Crippen LogP contribution in [0.5, 0.6) is 0 Å². The van der Waals surface area contributed by atoms with Crippen LogP contribution >= 0.6 is 11.6 Å². The van der Waals surface area contributed by atoms with Gasteiger partial charge in [-0.15, -0.1) is 0 Å². The van der Waals surface area contributed by atoms with E-state index in [4.69, 9.17) is 11.6 Å². The summed E-state index contributed by atoms with van der Waals surface area (Å²) >= 11 is 6.22. The smallest absolute Gasteiger partial charge is 0.264 e. The Morgan fingerprint density at radius 1 is 0.912 bits per heavy atom. The lowest BCUT2D eigenvalue weighted by Crippen LogP contribution is -2.42. The number of hydrogen-bond acceptors (Lipinski definition) is 3. The lowest BCUT2D eigenvalue weighted by Gasteiger charge is -2.23. The molecular formula is C28H23ClN2O3. The van der Waals surface area contributed by atoms with Crippen LogP contribution in [-0.4, -0.2) is 27.9 Å². The SMILES string of the molecule is O=C(C[C@@]1(O)C(=O)N(CCc2ccccc2)c2ccc(Cl)cc21)c1cccc(-n2cccc2)c1. The van der Waals surface area contributed by atoms with E-state index in [0.29, 0.717) is 34.8 Å². The Morgan fingerprint density at radius 2 is 1.68 bits per heavy atom. The van der Waals surface area contributed by atoms with E-state index in [1.165, 1.54) is 0 Å². The number of benzene rings is 3. The second-order valence-electron chi connectivity index (χ2n) is 8.45. The standard InChI is InChI=1S/C28H23ClN2O3/c29-22-11-12-25-24(18-22)28(34,27(33)31(25)16-13-20-7-2-1-3-8-20)19-26(32)21-9-6-10-23(17-21)30-14-4-5-15-30/h1-12,14-15,17-18,34H,13,16,19H2/t28-/m0/s1. The summed E-state index contributed by atoms with van der Waals surface area (Å²) in [4.78, 5) is 28.4. The Kier molecular flexibility index (Phi) is 5.82. The summed E-state index contributed by atoms with van der Waals surface area (Å²) in [5.74, 6) is -0.823. The van der Waals surface area contributed by atoms with Crippen molar-refractivity contribution in [2.24, 2.45) is 0 Å². The first-order chi connectivity index (χ1) is 16.5. The Labute approximate surface area is 202 Å². The molecule has 0 unspecified atom stereocenters. The second kappa shape index (κ2) is 8.93. The van der Waals surface area contributed by atoms with E-state index in [0.717, 1.165) is 11.3 Å². The maximum atomic E-state index is 13.5. The molecule has 1 aliphatic rings. The van der Waals surface area contributed by atoms with Crippen molar-refractivity contribution in [1.82, 2.24) is 4.57 Å². The fourth-order valence-corrected chi connectivity index (χ4v) is 4.65. The highest BCUT2D eigenvalue weighted by atomic mass is 35.5. The third-order valence-electron chi connectivity index (χ3n) is 6.25. The van der Waals surface area contributed by atoms with E-state index in [2.05, 4.69) is 0 Å². The first-order valence-corrected chi connectivity index (χ1v) is 11.5. The van der Waals surface area contributed by atoms with Crippen molar-refractivity contribution in [2.75, 3.05) is 11.4 Å². The molecule has 6 heteroatoms. The molecule has 5 nitrogen and oxygen atoms in total. The summed E-state index contributed by atoms with van der Waals surface area (Å²) in [6.07, 6.45) is 4.04. The highest BCUT2D eigenvalue weighted by Crippen LogP contribution is 2.44. The van der Waals surface area contributed by atoms with Gasteiger partial charge in [-0.2, -0.15) is 0 Å². The summed E-state index contributed by atoms with van der Waals surface area (Å²) in [7, 11) is 0. The molecule has 0 radical (unpaired) electrons. The second-order valence-corrected chi connectivity index (χ2v) is 8.89. The van der Waals surface area contributed by atoms with Crippen LogP contribution in [0.3, 0.4) is 0 Å². The van der Waals surface area contributed by atoms with Gasteiger partial charge >= 0.3 is 0 Å². The van der Waals surface area contributed by atoms with Gasteiger partial charge in [0.05, 0.1) is 12.1 Å². The average molecular weight is 471 g/mol. The number of anilines is 1. The highest BCUT2D eigenvalue weighted by molar-refractivity contribution is 6.31. The minimum absolute atomic E-state index is 0.319. The zero-order valence-corrected chi connectivity index (χ0v) is 19.2. The number of halogens is 1. The van der Waals surface area contributed by atoms with Gasteiger partial charge in [-0.05, 0) is 54.4 Å². The van der Waals surface area contributed by atoms with Crippen molar-refractivity contribution in [3.05, 3.63) is 119 Å². The van der Waals surface area contributed by atoms with Gasteiger partial charge in [0, 0.05) is 40.8 Å². The molecule has 1 N–H and O–H groups in total. The fourth-order valence-electron chi connectivity index (χ4n) is 4.48. The van der Waals surface area contributed by atoms with E-state index in [-0.39, 0.29) is 12.2 Å². The van der Waals surface area contributed by atoms with Crippen LogP contribution in [0.15, 0.2) is 97.3 Å². The molecule has 1 aromatic heterocycles. The number of hydrogen-bond donors (Lipinski definition) is 1. The van der Waals surface area contributed by atoms with E-state index >= 15 is 0 Å². The van der Waals surface area contributed by atoms with Crippen LogP contribution in [0.2, 0.25) is 5.02 Å². The number of nitrogens with zero attached hydrogens (tertiary/aromatic N) is 2. The van der Waals surface area contributed by atoms with Crippen LogP contribution < -0.4 is 4.90 Å². The summed E-state index contributed by atoms with van der Waals surface area (Å²) in [5.41, 5.74) is 1.32. The molecule has 2 heterocycles. The maximum Gasteiger partial charge on any atom is 0.264 e. The Hall–Kier alpha value is -3.67. The van der Waals surface area contributed by atoms with Gasteiger partial charge in [0.2, 0.25) is 0 Å². The van der Waals surface area contributed by atoms with Crippen molar-refractivity contribution < 1.29 is 14.7 Å². The fraction of sp³-hybridized carbons (Fsp3) is 0.143. The zero-order valence-electron chi connectivity index (χ0n) is 18.4. The van der Waals surface area contributed by atoms with Crippen LogP contribution in [0.1, 0.15) is 27.9 Å². The molecule has 170 valence electrons. The van der Waals surface area contributed by atoms with Gasteiger partial charge in [0.15, 0.2) is 11.4 Å². The van der Waals surface area contributed by atoms with E-state index < -0.39 is 11.5 Å². The molecular weight excluding hydrogens is 448 g/mol. The monoisotopic (exact) mass is 470 g/mol. The molecule has 5 rings (SSSR count). The molecule has 0 bridgehead atoms. The summed E-state index contributed by atoms with van der Waals surface area (Å²) < 4.78 is 1.90. The van der Waals surface area contributed by atoms with Crippen LogP contribution in [-0.2, 0) is 16.8 Å².